The van der Waals surface area contributed by atoms with Gasteiger partial charge in [0.2, 0.25) is 0 Å². The molecule has 0 radical (unpaired) electrons. The van der Waals surface area contributed by atoms with Gasteiger partial charge in [0.25, 0.3) is 0 Å². The number of nitrogens with zero attached hydrogens (tertiary/aromatic N) is 3. The summed E-state index contributed by atoms with van der Waals surface area (Å²) in [6.07, 6.45) is 9.09. The van der Waals surface area contributed by atoms with E-state index >= 15 is 0 Å². The monoisotopic (exact) mass is 582 g/mol. The maximum absolute atomic E-state index is 5.55. The predicted octanol–water partition coefficient (Wildman–Crippen LogP) is 9.72. The van der Waals surface area contributed by atoms with Gasteiger partial charge in [-0.25, -0.2) is 9.97 Å². The average Bonchev–Trinajstić information content (AvgIpc) is 3.34. The van der Waals surface area contributed by atoms with Crippen LogP contribution in [0.15, 0.2) is 140 Å². The van der Waals surface area contributed by atoms with Gasteiger partial charge in [-0.05, 0) is 75.8 Å². The average molecular weight is 583 g/mol. The standard InChI is InChI=1S/C41H34N4/c1-27(9-7-23-42)28-15-19-30(20-16-28)37-25-38(31-21-17-29(18-22-31)32-10-8-24-43-26-32)45-40(44-37)34-12-6-14-36-39(34)33-11-4-5-13-35(33)41(36,2)3/h4-26H,42H2,1-3H3/b23-7-,27-9+. The van der Waals surface area contributed by atoms with E-state index in [2.05, 4.69) is 129 Å². The number of hydrogen-bond acceptors (Lipinski definition) is 4. The van der Waals surface area contributed by atoms with Crippen LogP contribution in [0.4, 0.5) is 0 Å². The molecule has 0 saturated heterocycles. The molecule has 0 aliphatic heterocycles. The summed E-state index contributed by atoms with van der Waals surface area (Å²) in [6.45, 7) is 6.69. The molecular weight excluding hydrogens is 548 g/mol. The lowest BCUT2D eigenvalue weighted by atomic mass is 9.82. The lowest BCUT2D eigenvalue weighted by Crippen LogP contribution is -2.14. The first-order valence-corrected chi connectivity index (χ1v) is 15.2. The largest absolute Gasteiger partial charge is 0.405 e. The van der Waals surface area contributed by atoms with E-state index in [0.717, 1.165) is 56.2 Å². The van der Waals surface area contributed by atoms with Crippen molar-refractivity contribution in [1.29, 1.82) is 0 Å². The van der Waals surface area contributed by atoms with Crippen LogP contribution in [-0.4, -0.2) is 15.0 Å². The number of nitrogens with two attached hydrogens (primary N) is 1. The highest BCUT2D eigenvalue weighted by molar-refractivity contribution is 5.91. The lowest BCUT2D eigenvalue weighted by Gasteiger charge is -2.21. The molecule has 1 aliphatic carbocycles. The van der Waals surface area contributed by atoms with Gasteiger partial charge in [-0.2, -0.15) is 0 Å². The van der Waals surface area contributed by atoms with Crippen molar-refractivity contribution in [3.63, 3.8) is 0 Å². The van der Waals surface area contributed by atoms with E-state index in [1.165, 1.54) is 22.3 Å². The minimum absolute atomic E-state index is 0.106. The quantitative estimate of drug-likeness (QED) is 0.199. The van der Waals surface area contributed by atoms with Crippen LogP contribution < -0.4 is 5.73 Å². The molecule has 4 aromatic carbocycles. The van der Waals surface area contributed by atoms with E-state index < -0.39 is 0 Å². The topological polar surface area (TPSA) is 64.7 Å². The number of benzene rings is 4. The molecule has 2 N–H and O–H groups in total. The molecule has 4 heteroatoms. The molecule has 0 unspecified atom stereocenters. The van der Waals surface area contributed by atoms with Gasteiger partial charge >= 0.3 is 0 Å². The molecule has 6 aromatic rings. The molecule has 1 aliphatic rings. The van der Waals surface area contributed by atoms with Crippen LogP contribution in [-0.2, 0) is 5.41 Å². The van der Waals surface area contributed by atoms with Crippen molar-refractivity contribution >= 4 is 5.57 Å². The van der Waals surface area contributed by atoms with E-state index in [1.54, 1.807) is 12.4 Å². The molecular formula is C41H34N4. The SMILES string of the molecule is C/C(=C\C=C/N)c1ccc(-c2cc(-c3ccc(-c4cccnc4)cc3)nc(-c3cccc4c3-c3ccccc3C4(C)C)n2)cc1. The molecule has 0 atom stereocenters. The van der Waals surface area contributed by atoms with E-state index in [0.29, 0.717) is 0 Å². The summed E-state index contributed by atoms with van der Waals surface area (Å²) in [5, 5.41) is 0. The highest BCUT2D eigenvalue weighted by Crippen LogP contribution is 2.51. The van der Waals surface area contributed by atoms with Gasteiger partial charge in [-0.1, -0.05) is 117 Å². The summed E-state index contributed by atoms with van der Waals surface area (Å²) in [5.74, 6) is 0.719. The van der Waals surface area contributed by atoms with Gasteiger partial charge in [0.05, 0.1) is 11.4 Å². The van der Waals surface area contributed by atoms with E-state index in [1.807, 2.05) is 24.4 Å². The second-order valence-corrected chi connectivity index (χ2v) is 12.0. The molecule has 2 heterocycles. The fraction of sp³-hybridized carbons (Fsp3) is 0.0976. The molecule has 7 rings (SSSR count). The van der Waals surface area contributed by atoms with Crippen molar-refractivity contribution in [3.05, 3.63) is 157 Å². The predicted molar refractivity (Wildman–Crippen MR) is 186 cm³/mol. The van der Waals surface area contributed by atoms with Crippen molar-refractivity contribution in [2.75, 3.05) is 0 Å². The third kappa shape index (κ3) is 5.15. The zero-order valence-corrected chi connectivity index (χ0v) is 25.7. The lowest BCUT2D eigenvalue weighted by molar-refractivity contribution is 0.660. The van der Waals surface area contributed by atoms with Gasteiger partial charge < -0.3 is 5.73 Å². The Kier molecular flexibility index (Phi) is 7.19. The summed E-state index contributed by atoms with van der Waals surface area (Å²) >= 11 is 0. The summed E-state index contributed by atoms with van der Waals surface area (Å²) < 4.78 is 0. The molecule has 218 valence electrons. The van der Waals surface area contributed by atoms with Crippen molar-refractivity contribution < 1.29 is 0 Å². The molecule has 2 aromatic heterocycles. The van der Waals surface area contributed by atoms with Crippen LogP contribution in [0.5, 0.6) is 0 Å². The maximum Gasteiger partial charge on any atom is 0.161 e. The van der Waals surface area contributed by atoms with Gasteiger partial charge in [0.15, 0.2) is 5.82 Å². The molecule has 45 heavy (non-hydrogen) atoms. The molecule has 0 fully saturated rings. The summed E-state index contributed by atoms with van der Waals surface area (Å²) in [7, 11) is 0. The second kappa shape index (κ2) is 11.5. The minimum Gasteiger partial charge on any atom is -0.405 e. The zero-order chi connectivity index (χ0) is 31.0. The number of hydrogen-bond donors (Lipinski definition) is 1. The van der Waals surface area contributed by atoms with Crippen LogP contribution in [0.25, 0.3) is 61.7 Å². The third-order valence-electron chi connectivity index (χ3n) is 8.84. The van der Waals surface area contributed by atoms with Crippen LogP contribution in [0, 0.1) is 0 Å². The fourth-order valence-corrected chi connectivity index (χ4v) is 6.37. The van der Waals surface area contributed by atoms with Gasteiger partial charge in [0, 0.05) is 34.5 Å². The van der Waals surface area contributed by atoms with Crippen molar-refractivity contribution in [2.45, 2.75) is 26.2 Å². The summed E-state index contributed by atoms with van der Waals surface area (Å²) in [6, 6.07) is 38.5. The maximum atomic E-state index is 5.55. The van der Waals surface area contributed by atoms with E-state index in [9.17, 15) is 0 Å². The van der Waals surface area contributed by atoms with Crippen molar-refractivity contribution in [1.82, 2.24) is 15.0 Å². The Hall–Kier alpha value is -5.61. The minimum atomic E-state index is -0.106. The van der Waals surface area contributed by atoms with Gasteiger partial charge in [0.1, 0.15) is 0 Å². The van der Waals surface area contributed by atoms with Gasteiger partial charge in [-0.3, -0.25) is 4.98 Å². The molecule has 0 amide bonds. The smallest absolute Gasteiger partial charge is 0.161 e. The van der Waals surface area contributed by atoms with Crippen LogP contribution in [0.3, 0.4) is 0 Å². The van der Waals surface area contributed by atoms with Crippen LogP contribution in [0.2, 0.25) is 0 Å². The van der Waals surface area contributed by atoms with Crippen LogP contribution in [0.1, 0.15) is 37.5 Å². The third-order valence-corrected chi connectivity index (χ3v) is 8.84. The Bertz CT molecular complexity index is 2070. The Morgan fingerprint density at radius 1 is 0.667 bits per heavy atom. The first kappa shape index (κ1) is 28.2. The van der Waals surface area contributed by atoms with E-state index in [-0.39, 0.29) is 5.41 Å². The Balaban J connectivity index is 1.39. The highest BCUT2D eigenvalue weighted by atomic mass is 14.9. The number of rotatable bonds is 6. The summed E-state index contributed by atoms with van der Waals surface area (Å²) in [4.78, 5) is 14.7. The first-order valence-electron chi connectivity index (χ1n) is 15.2. The molecule has 4 nitrogen and oxygen atoms in total. The number of fused-ring (bicyclic) bond motifs is 3. The Morgan fingerprint density at radius 2 is 1.31 bits per heavy atom. The fourth-order valence-electron chi connectivity index (χ4n) is 6.37. The normalized spacial score (nSPS) is 13.5. The van der Waals surface area contributed by atoms with Crippen molar-refractivity contribution in [3.8, 4) is 56.2 Å². The molecule has 0 bridgehead atoms. The number of pyridine rings is 1. The van der Waals surface area contributed by atoms with Crippen LogP contribution >= 0.6 is 0 Å². The molecule has 0 saturated carbocycles. The first-order chi connectivity index (χ1) is 21.9. The number of allylic oxidation sites excluding steroid dienone is 3. The number of aromatic nitrogens is 3. The van der Waals surface area contributed by atoms with E-state index in [4.69, 9.17) is 15.7 Å². The summed E-state index contributed by atoms with van der Waals surface area (Å²) in [5.41, 5.74) is 19.9. The van der Waals surface area contributed by atoms with Crippen molar-refractivity contribution in [2.24, 2.45) is 5.73 Å². The zero-order valence-electron chi connectivity index (χ0n) is 25.7. The Morgan fingerprint density at radius 3 is 2.00 bits per heavy atom. The second-order valence-electron chi connectivity index (χ2n) is 12.0. The molecule has 0 spiro atoms. The Labute approximate surface area is 264 Å². The van der Waals surface area contributed by atoms with Gasteiger partial charge in [-0.15, -0.1) is 0 Å². The highest BCUT2D eigenvalue weighted by Gasteiger charge is 2.37.